The van der Waals surface area contributed by atoms with Gasteiger partial charge in [0.25, 0.3) is 0 Å². The molecule has 1 rings (SSSR count). The van der Waals surface area contributed by atoms with Gasteiger partial charge in [-0.25, -0.2) is 0 Å². The average Bonchev–Trinajstić information content (AvgIpc) is 2.06. The van der Waals surface area contributed by atoms with E-state index in [1.807, 2.05) is 6.07 Å². The van der Waals surface area contributed by atoms with Gasteiger partial charge in [0.05, 0.1) is 24.8 Å². The highest BCUT2D eigenvalue weighted by atomic mass is 16.3. The minimum Gasteiger partial charge on any atom is -0.390 e. The first-order valence-corrected chi connectivity index (χ1v) is 3.28. The van der Waals surface area contributed by atoms with Gasteiger partial charge in [0.2, 0.25) is 0 Å². The minimum atomic E-state index is -0.0702. The van der Waals surface area contributed by atoms with E-state index in [9.17, 15) is 0 Å². The highest BCUT2D eigenvalue weighted by Gasteiger charge is 1.93. The molecule has 56 valence electrons. The van der Waals surface area contributed by atoms with Crippen LogP contribution in [0, 0.1) is 11.3 Å². The number of aliphatic hydroxyl groups excluding tert-OH is 1. The molecule has 1 N–H and O–H groups in total. The SMILES string of the molecule is N#CCc1ccnc(CO)c1. The molecule has 0 aliphatic heterocycles. The number of nitriles is 1. The van der Waals surface area contributed by atoms with Crippen molar-refractivity contribution in [3.8, 4) is 6.07 Å². The highest BCUT2D eigenvalue weighted by molar-refractivity contribution is 5.18. The van der Waals surface area contributed by atoms with Crippen LogP contribution in [0.5, 0.6) is 0 Å². The molecule has 0 fully saturated rings. The molecular formula is C8H8N2O. The van der Waals surface area contributed by atoms with Crippen molar-refractivity contribution in [1.29, 1.82) is 5.26 Å². The second kappa shape index (κ2) is 3.69. The maximum absolute atomic E-state index is 8.68. The molecule has 0 unspecified atom stereocenters. The Morgan fingerprint density at radius 2 is 2.45 bits per heavy atom. The number of aliphatic hydroxyl groups is 1. The lowest BCUT2D eigenvalue weighted by molar-refractivity contribution is 0.277. The van der Waals surface area contributed by atoms with Crippen molar-refractivity contribution >= 4 is 0 Å². The number of aromatic nitrogens is 1. The second-order valence-electron chi connectivity index (χ2n) is 2.15. The molecule has 0 saturated heterocycles. The van der Waals surface area contributed by atoms with Crippen LogP contribution >= 0.6 is 0 Å². The fraction of sp³-hybridized carbons (Fsp3) is 0.250. The van der Waals surface area contributed by atoms with Crippen molar-refractivity contribution in [3.63, 3.8) is 0 Å². The number of nitrogens with zero attached hydrogens (tertiary/aromatic N) is 2. The highest BCUT2D eigenvalue weighted by Crippen LogP contribution is 2.01. The first kappa shape index (κ1) is 7.70. The summed E-state index contributed by atoms with van der Waals surface area (Å²) in [5, 5.41) is 17.0. The van der Waals surface area contributed by atoms with Crippen molar-refractivity contribution in [2.24, 2.45) is 0 Å². The van der Waals surface area contributed by atoms with Gasteiger partial charge in [-0.15, -0.1) is 0 Å². The molecule has 3 heteroatoms. The van der Waals surface area contributed by atoms with Gasteiger partial charge in [0, 0.05) is 6.20 Å². The monoisotopic (exact) mass is 148 g/mol. The van der Waals surface area contributed by atoms with E-state index in [4.69, 9.17) is 10.4 Å². The lowest BCUT2D eigenvalue weighted by Gasteiger charge is -1.96. The second-order valence-corrected chi connectivity index (χ2v) is 2.15. The van der Waals surface area contributed by atoms with Gasteiger partial charge in [0.15, 0.2) is 0 Å². The van der Waals surface area contributed by atoms with E-state index in [2.05, 4.69) is 4.98 Å². The Hall–Kier alpha value is -1.40. The summed E-state index contributed by atoms with van der Waals surface area (Å²) in [5.74, 6) is 0. The lowest BCUT2D eigenvalue weighted by atomic mass is 10.2. The van der Waals surface area contributed by atoms with E-state index < -0.39 is 0 Å². The number of pyridine rings is 1. The van der Waals surface area contributed by atoms with Crippen LogP contribution in [-0.2, 0) is 13.0 Å². The summed E-state index contributed by atoms with van der Waals surface area (Å²) < 4.78 is 0. The smallest absolute Gasteiger partial charge is 0.0853 e. The molecule has 1 heterocycles. The zero-order valence-corrected chi connectivity index (χ0v) is 5.99. The van der Waals surface area contributed by atoms with E-state index in [0.29, 0.717) is 12.1 Å². The van der Waals surface area contributed by atoms with Gasteiger partial charge in [-0.2, -0.15) is 5.26 Å². The summed E-state index contributed by atoms with van der Waals surface area (Å²) >= 11 is 0. The van der Waals surface area contributed by atoms with Gasteiger partial charge in [-0.05, 0) is 17.7 Å². The summed E-state index contributed by atoms with van der Waals surface area (Å²) in [6, 6.07) is 5.52. The lowest BCUT2D eigenvalue weighted by Crippen LogP contribution is -1.90. The summed E-state index contributed by atoms with van der Waals surface area (Å²) in [6.45, 7) is -0.0702. The topological polar surface area (TPSA) is 56.9 Å². The number of rotatable bonds is 2. The average molecular weight is 148 g/mol. The van der Waals surface area contributed by atoms with Gasteiger partial charge < -0.3 is 5.11 Å². The predicted octanol–water partition coefficient (Wildman–Crippen LogP) is 0.640. The van der Waals surface area contributed by atoms with Crippen molar-refractivity contribution in [3.05, 3.63) is 29.6 Å². The van der Waals surface area contributed by atoms with E-state index in [0.717, 1.165) is 5.56 Å². The van der Waals surface area contributed by atoms with Crippen LogP contribution in [0.25, 0.3) is 0 Å². The Balaban J connectivity index is 2.84. The van der Waals surface area contributed by atoms with Crippen LogP contribution in [0.3, 0.4) is 0 Å². The predicted molar refractivity (Wildman–Crippen MR) is 39.5 cm³/mol. The molecule has 0 amide bonds. The number of hydrogen-bond donors (Lipinski definition) is 1. The third kappa shape index (κ3) is 2.03. The molecule has 0 bridgehead atoms. The summed E-state index contributed by atoms with van der Waals surface area (Å²) in [5.41, 5.74) is 1.50. The van der Waals surface area contributed by atoms with E-state index >= 15 is 0 Å². The zero-order chi connectivity index (χ0) is 8.10. The van der Waals surface area contributed by atoms with Crippen LogP contribution in [-0.4, -0.2) is 10.1 Å². The molecule has 1 aromatic heterocycles. The standard InChI is InChI=1S/C8H8N2O/c9-3-1-7-2-4-10-8(5-7)6-11/h2,4-5,11H,1,6H2. The Morgan fingerprint density at radius 1 is 1.64 bits per heavy atom. The maximum atomic E-state index is 8.68. The first-order valence-electron chi connectivity index (χ1n) is 3.28. The Morgan fingerprint density at radius 3 is 3.09 bits per heavy atom. The third-order valence-electron chi connectivity index (χ3n) is 1.33. The van der Waals surface area contributed by atoms with Gasteiger partial charge in [-0.1, -0.05) is 0 Å². The summed E-state index contributed by atoms with van der Waals surface area (Å²) in [7, 11) is 0. The van der Waals surface area contributed by atoms with Gasteiger partial charge >= 0.3 is 0 Å². The first-order chi connectivity index (χ1) is 5.36. The van der Waals surface area contributed by atoms with E-state index in [1.165, 1.54) is 0 Å². The van der Waals surface area contributed by atoms with Crippen LogP contribution < -0.4 is 0 Å². The zero-order valence-electron chi connectivity index (χ0n) is 5.99. The molecule has 0 aliphatic carbocycles. The fourth-order valence-electron chi connectivity index (χ4n) is 0.816. The molecule has 11 heavy (non-hydrogen) atoms. The maximum Gasteiger partial charge on any atom is 0.0853 e. The van der Waals surface area contributed by atoms with Crippen LogP contribution in [0.2, 0.25) is 0 Å². The molecule has 0 spiro atoms. The van der Waals surface area contributed by atoms with Crippen LogP contribution in [0.1, 0.15) is 11.3 Å². The fourth-order valence-corrected chi connectivity index (χ4v) is 0.816. The molecule has 0 aromatic carbocycles. The van der Waals surface area contributed by atoms with Crippen molar-refractivity contribution in [2.45, 2.75) is 13.0 Å². The number of hydrogen-bond acceptors (Lipinski definition) is 3. The van der Waals surface area contributed by atoms with Crippen molar-refractivity contribution in [1.82, 2.24) is 4.98 Å². The summed E-state index contributed by atoms with van der Waals surface area (Å²) in [6.07, 6.45) is 1.97. The Bertz CT molecular complexity index is 278. The van der Waals surface area contributed by atoms with Crippen LogP contribution in [0.4, 0.5) is 0 Å². The molecular weight excluding hydrogens is 140 g/mol. The minimum absolute atomic E-state index is 0.0702. The Kier molecular flexibility index (Phi) is 2.59. The van der Waals surface area contributed by atoms with E-state index in [-0.39, 0.29) is 6.61 Å². The molecule has 0 atom stereocenters. The largest absolute Gasteiger partial charge is 0.390 e. The van der Waals surface area contributed by atoms with Gasteiger partial charge in [-0.3, -0.25) is 4.98 Å². The summed E-state index contributed by atoms with van der Waals surface area (Å²) in [4.78, 5) is 3.88. The van der Waals surface area contributed by atoms with E-state index in [1.54, 1.807) is 18.3 Å². The molecule has 0 saturated carbocycles. The Labute approximate surface area is 64.9 Å². The molecule has 0 aliphatic rings. The molecule has 1 aromatic rings. The van der Waals surface area contributed by atoms with Gasteiger partial charge in [0.1, 0.15) is 0 Å². The third-order valence-corrected chi connectivity index (χ3v) is 1.33. The van der Waals surface area contributed by atoms with Crippen molar-refractivity contribution < 1.29 is 5.11 Å². The molecule has 3 nitrogen and oxygen atoms in total. The molecule has 0 radical (unpaired) electrons. The van der Waals surface area contributed by atoms with Crippen LogP contribution in [0.15, 0.2) is 18.3 Å². The normalized spacial score (nSPS) is 9.09. The quantitative estimate of drug-likeness (QED) is 0.669. The van der Waals surface area contributed by atoms with Crippen molar-refractivity contribution in [2.75, 3.05) is 0 Å².